The normalized spacial score (nSPS) is 15.9. The molecular formula is C13H14F2O3. The molecule has 1 fully saturated rings. The summed E-state index contributed by atoms with van der Waals surface area (Å²) in [6, 6.07) is 4.39. The SMILES string of the molecule is O=Cc1cccc(OC(F)F)c1OC1CCCC1. The summed E-state index contributed by atoms with van der Waals surface area (Å²) >= 11 is 0. The first-order valence-electron chi connectivity index (χ1n) is 5.90. The molecule has 1 aliphatic rings. The number of carbonyl (C=O) groups excluding carboxylic acids is 1. The molecule has 0 amide bonds. The number of halogens is 2. The Hall–Kier alpha value is -1.65. The number of ether oxygens (including phenoxy) is 2. The van der Waals surface area contributed by atoms with Gasteiger partial charge in [0.15, 0.2) is 17.8 Å². The van der Waals surface area contributed by atoms with E-state index in [2.05, 4.69) is 4.74 Å². The van der Waals surface area contributed by atoms with Crippen molar-refractivity contribution in [1.82, 2.24) is 0 Å². The highest BCUT2D eigenvalue weighted by atomic mass is 19.3. The molecule has 1 aromatic rings. The highest BCUT2D eigenvalue weighted by Crippen LogP contribution is 2.35. The molecule has 0 aromatic heterocycles. The average molecular weight is 256 g/mol. The van der Waals surface area contributed by atoms with E-state index in [0.717, 1.165) is 25.7 Å². The largest absolute Gasteiger partial charge is 0.486 e. The third-order valence-corrected chi connectivity index (χ3v) is 2.94. The Balaban J connectivity index is 2.24. The second-order valence-corrected chi connectivity index (χ2v) is 4.20. The Bertz CT molecular complexity index is 415. The minimum atomic E-state index is -2.93. The lowest BCUT2D eigenvalue weighted by Gasteiger charge is -2.18. The minimum Gasteiger partial charge on any atom is -0.486 e. The fraction of sp³-hybridized carbons (Fsp3) is 0.462. The van der Waals surface area contributed by atoms with Crippen molar-refractivity contribution in [3.63, 3.8) is 0 Å². The maximum atomic E-state index is 12.3. The standard InChI is InChI=1S/C13H14F2O3/c14-13(15)18-11-7-3-4-9(8-16)12(11)17-10-5-1-2-6-10/h3-4,7-8,10,13H,1-2,5-6H2. The molecule has 2 rings (SSSR count). The van der Waals surface area contributed by atoms with E-state index < -0.39 is 6.61 Å². The Morgan fingerprint density at radius 2 is 2.00 bits per heavy atom. The van der Waals surface area contributed by atoms with E-state index in [-0.39, 0.29) is 23.2 Å². The van der Waals surface area contributed by atoms with Crippen LogP contribution in [-0.2, 0) is 0 Å². The van der Waals surface area contributed by atoms with Crippen LogP contribution in [0.2, 0.25) is 0 Å². The van der Waals surface area contributed by atoms with E-state index in [1.54, 1.807) is 0 Å². The van der Waals surface area contributed by atoms with Gasteiger partial charge in [0.25, 0.3) is 0 Å². The van der Waals surface area contributed by atoms with Gasteiger partial charge in [-0.2, -0.15) is 8.78 Å². The lowest BCUT2D eigenvalue weighted by molar-refractivity contribution is -0.0520. The molecule has 1 aromatic carbocycles. The number of alkyl halides is 2. The van der Waals surface area contributed by atoms with E-state index in [1.165, 1.54) is 18.2 Å². The second-order valence-electron chi connectivity index (χ2n) is 4.20. The molecule has 0 N–H and O–H groups in total. The van der Waals surface area contributed by atoms with E-state index in [0.29, 0.717) is 6.29 Å². The van der Waals surface area contributed by atoms with Crippen molar-refractivity contribution >= 4 is 6.29 Å². The van der Waals surface area contributed by atoms with Gasteiger partial charge in [-0.05, 0) is 37.8 Å². The van der Waals surface area contributed by atoms with Gasteiger partial charge < -0.3 is 9.47 Å². The van der Waals surface area contributed by atoms with Gasteiger partial charge in [0.2, 0.25) is 0 Å². The molecule has 0 bridgehead atoms. The lowest BCUT2D eigenvalue weighted by Crippen LogP contribution is -2.14. The molecule has 18 heavy (non-hydrogen) atoms. The molecule has 5 heteroatoms. The lowest BCUT2D eigenvalue weighted by atomic mass is 10.2. The van der Waals surface area contributed by atoms with Crippen molar-refractivity contribution in [3.05, 3.63) is 23.8 Å². The molecule has 0 aliphatic heterocycles. The molecule has 3 nitrogen and oxygen atoms in total. The van der Waals surface area contributed by atoms with E-state index >= 15 is 0 Å². The van der Waals surface area contributed by atoms with Crippen LogP contribution < -0.4 is 9.47 Å². The van der Waals surface area contributed by atoms with Gasteiger partial charge in [0.1, 0.15) is 0 Å². The predicted molar refractivity (Wildman–Crippen MR) is 61.3 cm³/mol. The molecule has 1 saturated carbocycles. The van der Waals surface area contributed by atoms with Gasteiger partial charge in [0, 0.05) is 0 Å². The van der Waals surface area contributed by atoms with Crippen molar-refractivity contribution in [3.8, 4) is 11.5 Å². The maximum Gasteiger partial charge on any atom is 0.387 e. The van der Waals surface area contributed by atoms with E-state index in [1.807, 2.05) is 0 Å². The summed E-state index contributed by atoms with van der Waals surface area (Å²) in [7, 11) is 0. The van der Waals surface area contributed by atoms with Gasteiger partial charge in [-0.1, -0.05) is 6.07 Å². The number of benzene rings is 1. The van der Waals surface area contributed by atoms with Crippen LogP contribution >= 0.6 is 0 Å². The number of hydrogen-bond acceptors (Lipinski definition) is 3. The molecule has 1 aliphatic carbocycles. The van der Waals surface area contributed by atoms with Gasteiger partial charge in [0.05, 0.1) is 11.7 Å². The van der Waals surface area contributed by atoms with Crippen LogP contribution in [0.1, 0.15) is 36.0 Å². The number of para-hydroxylation sites is 1. The molecule has 0 unspecified atom stereocenters. The summed E-state index contributed by atoms with van der Waals surface area (Å²) in [6.45, 7) is -2.93. The van der Waals surface area contributed by atoms with Gasteiger partial charge in [-0.3, -0.25) is 4.79 Å². The van der Waals surface area contributed by atoms with Crippen molar-refractivity contribution in [2.24, 2.45) is 0 Å². The first-order chi connectivity index (χ1) is 8.70. The van der Waals surface area contributed by atoms with Crippen LogP contribution in [0.15, 0.2) is 18.2 Å². The number of rotatable bonds is 5. The quantitative estimate of drug-likeness (QED) is 0.757. The van der Waals surface area contributed by atoms with Crippen LogP contribution in [0.25, 0.3) is 0 Å². The Labute approximate surface area is 104 Å². The zero-order chi connectivity index (χ0) is 13.0. The molecule has 0 heterocycles. The predicted octanol–water partition coefficient (Wildman–Crippen LogP) is 3.42. The Kier molecular flexibility index (Phi) is 4.12. The summed E-state index contributed by atoms with van der Waals surface area (Å²) in [5.74, 6) is 0.0428. The van der Waals surface area contributed by atoms with Crippen LogP contribution in [0.4, 0.5) is 8.78 Å². The monoisotopic (exact) mass is 256 g/mol. The van der Waals surface area contributed by atoms with E-state index in [9.17, 15) is 13.6 Å². The highest BCUT2D eigenvalue weighted by Gasteiger charge is 2.21. The third-order valence-electron chi connectivity index (χ3n) is 2.94. The Morgan fingerprint density at radius 1 is 1.28 bits per heavy atom. The molecule has 0 spiro atoms. The van der Waals surface area contributed by atoms with Crippen LogP contribution in [0.3, 0.4) is 0 Å². The Morgan fingerprint density at radius 3 is 2.61 bits per heavy atom. The van der Waals surface area contributed by atoms with Gasteiger partial charge in [-0.25, -0.2) is 0 Å². The fourth-order valence-corrected chi connectivity index (χ4v) is 2.11. The molecule has 0 radical (unpaired) electrons. The molecule has 0 saturated heterocycles. The number of carbonyl (C=O) groups is 1. The zero-order valence-corrected chi connectivity index (χ0v) is 9.77. The zero-order valence-electron chi connectivity index (χ0n) is 9.77. The fourth-order valence-electron chi connectivity index (χ4n) is 2.11. The van der Waals surface area contributed by atoms with Crippen LogP contribution in [0, 0.1) is 0 Å². The van der Waals surface area contributed by atoms with Crippen molar-refractivity contribution in [2.75, 3.05) is 0 Å². The van der Waals surface area contributed by atoms with Gasteiger partial charge in [-0.15, -0.1) is 0 Å². The summed E-state index contributed by atoms with van der Waals surface area (Å²) in [6.07, 6.45) is 4.43. The number of aldehydes is 1. The van der Waals surface area contributed by atoms with Crippen molar-refractivity contribution in [1.29, 1.82) is 0 Å². The molecular weight excluding hydrogens is 242 g/mol. The first kappa shape index (κ1) is 12.8. The third kappa shape index (κ3) is 2.97. The summed E-state index contributed by atoms with van der Waals surface area (Å²) in [4.78, 5) is 10.9. The highest BCUT2D eigenvalue weighted by molar-refractivity contribution is 5.81. The molecule has 98 valence electrons. The summed E-state index contributed by atoms with van der Waals surface area (Å²) in [5, 5.41) is 0. The molecule has 0 atom stereocenters. The smallest absolute Gasteiger partial charge is 0.387 e. The maximum absolute atomic E-state index is 12.3. The van der Waals surface area contributed by atoms with E-state index in [4.69, 9.17) is 4.74 Å². The van der Waals surface area contributed by atoms with Crippen molar-refractivity contribution < 1.29 is 23.0 Å². The summed E-state index contributed by atoms with van der Waals surface area (Å²) in [5.41, 5.74) is 0.236. The average Bonchev–Trinajstić information content (AvgIpc) is 2.83. The summed E-state index contributed by atoms with van der Waals surface area (Å²) < 4.78 is 34.6. The van der Waals surface area contributed by atoms with Gasteiger partial charge >= 0.3 is 6.61 Å². The first-order valence-corrected chi connectivity index (χ1v) is 5.90. The minimum absolute atomic E-state index is 0.0221. The van der Waals surface area contributed by atoms with Crippen LogP contribution in [0.5, 0.6) is 11.5 Å². The number of hydrogen-bond donors (Lipinski definition) is 0. The topological polar surface area (TPSA) is 35.5 Å². The van der Waals surface area contributed by atoms with Crippen LogP contribution in [-0.4, -0.2) is 19.0 Å². The van der Waals surface area contributed by atoms with Crippen molar-refractivity contribution in [2.45, 2.75) is 38.4 Å². The second kappa shape index (κ2) is 5.80.